The SMILES string of the molecule is CC(=O)N1CC[C@@H]2[C@H](C1)C(=O)N(Cc1ccccc1)CC(=O)N2C. The number of fused-ring (bicyclic) bond motifs is 1. The van der Waals surface area contributed by atoms with Crippen molar-refractivity contribution in [2.75, 3.05) is 26.7 Å². The molecule has 0 unspecified atom stereocenters. The Bertz CT molecular complexity index is 646. The van der Waals surface area contributed by atoms with Gasteiger partial charge in [0.1, 0.15) is 6.54 Å². The zero-order valence-electron chi connectivity index (χ0n) is 14.1. The van der Waals surface area contributed by atoms with Crippen molar-refractivity contribution >= 4 is 17.7 Å². The van der Waals surface area contributed by atoms with E-state index in [4.69, 9.17) is 0 Å². The summed E-state index contributed by atoms with van der Waals surface area (Å²) in [4.78, 5) is 42.3. The van der Waals surface area contributed by atoms with Crippen LogP contribution in [0, 0.1) is 5.92 Å². The van der Waals surface area contributed by atoms with E-state index in [1.807, 2.05) is 30.3 Å². The van der Waals surface area contributed by atoms with Crippen LogP contribution in [0.2, 0.25) is 0 Å². The molecule has 0 bridgehead atoms. The number of hydrogen-bond acceptors (Lipinski definition) is 3. The largest absolute Gasteiger partial charge is 0.342 e. The number of amides is 3. The van der Waals surface area contributed by atoms with Gasteiger partial charge in [-0.15, -0.1) is 0 Å². The van der Waals surface area contributed by atoms with Crippen molar-refractivity contribution in [3.05, 3.63) is 35.9 Å². The quantitative estimate of drug-likeness (QED) is 0.803. The molecule has 0 N–H and O–H groups in total. The number of likely N-dealkylation sites (N-methyl/N-ethyl adjacent to an activating group) is 1. The molecule has 1 aromatic rings. The average Bonchev–Trinajstić information content (AvgIpc) is 2.67. The molecule has 0 spiro atoms. The first kappa shape index (κ1) is 16.5. The van der Waals surface area contributed by atoms with Crippen LogP contribution in [0.15, 0.2) is 30.3 Å². The third-order valence-corrected chi connectivity index (χ3v) is 5.08. The summed E-state index contributed by atoms with van der Waals surface area (Å²) in [6.07, 6.45) is 0.650. The van der Waals surface area contributed by atoms with Gasteiger partial charge in [-0.2, -0.15) is 0 Å². The Balaban J connectivity index is 1.85. The zero-order valence-corrected chi connectivity index (χ0v) is 14.1. The van der Waals surface area contributed by atoms with Crippen molar-refractivity contribution in [3.63, 3.8) is 0 Å². The Hall–Kier alpha value is -2.37. The van der Waals surface area contributed by atoms with Gasteiger partial charge in [-0.3, -0.25) is 14.4 Å². The summed E-state index contributed by atoms with van der Waals surface area (Å²) < 4.78 is 0. The Morgan fingerprint density at radius 3 is 2.58 bits per heavy atom. The molecule has 6 nitrogen and oxygen atoms in total. The summed E-state index contributed by atoms with van der Waals surface area (Å²) in [6, 6.07) is 9.55. The number of hydrogen-bond donors (Lipinski definition) is 0. The average molecular weight is 329 g/mol. The second-order valence-electron chi connectivity index (χ2n) is 6.61. The third-order valence-electron chi connectivity index (χ3n) is 5.08. The second-order valence-corrected chi connectivity index (χ2v) is 6.61. The number of piperidine rings is 1. The molecule has 2 heterocycles. The number of rotatable bonds is 2. The van der Waals surface area contributed by atoms with Crippen molar-refractivity contribution in [3.8, 4) is 0 Å². The van der Waals surface area contributed by atoms with Crippen molar-refractivity contribution in [1.29, 1.82) is 0 Å². The fraction of sp³-hybridized carbons (Fsp3) is 0.500. The van der Waals surface area contributed by atoms with Crippen molar-refractivity contribution in [2.45, 2.75) is 25.9 Å². The molecule has 2 fully saturated rings. The standard InChI is InChI=1S/C18H23N3O3/c1-13(22)20-9-8-16-15(11-20)18(24)21(12-17(23)19(16)2)10-14-6-4-3-5-7-14/h3-7,15-16H,8-12H2,1-2H3/t15-,16+/m0/s1. The van der Waals surface area contributed by atoms with Crippen LogP contribution in [0.3, 0.4) is 0 Å². The van der Waals surface area contributed by atoms with Gasteiger partial charge < -0.3 is 14.7 Å². The van der Waals surface area contributed by atoms with Crippen molar-refractivity contribution in [1.82, 2.24) is 14.7 Å². The minimum Gasteiger partial charge on any atom is -0.342 e. The predicted molar refractivity (Wildman–Crippen MR) is 88.8 cm³/mol. The number of carbonyl (C=O) groups excluding carboxylic acids is 3. The molecule has 128 valence electrons. The van der Waals surface area contributed by atoms with Crippen LogP contribution in [-0.4, -0.2) is 65.1 Å². The molecule has 1 aromatic carbocycles. The fourth-order valence-electron chi connectivity index (χ4n) is 3.64. The van der Waals surface area contributed by atoms with Gasteiger partial charge in [0.15, 0.2) is 0 Å². The normalized spacial score (nSPS) is 24.7. The molecule has 0 radical (unpaired) electrons. The molecule has 2 aliphatic heterocycles. The van der Waals surface area contributed by atoms with Crippen molar-refractivity contribution < 1.29 is 14.4 Å². The minimum atomic E-state index is -0.345. The molecule has 3 rings (SSSR count). The summed E-state index contributed by atoms with van der Waals surface area (Å²) in [6.45, 7) is 3.03. The van der Waals surface area contributed by atoms with E-state index in [9.17, 15) is 14.4 Å². The van der Waals surface area contributed by atoms with E-state index in [1.54, 1.807) is 21.7 Å². The summed E-state index contributed by atoms with van der Waals surface area (Å²) in [5.74, 6) is -0.438. The maximum atomic E-state index is 13.1. The van der Waals surface area contributed by atoms with Crippen LogP contribution in [0.25, 0.3) is 0 Å². The van der Waals surface area contributed by atoms with Crippen LogP contribution in [0.4, 0.5) is 0 Å². The molecule has 24 heavy (non-hydrogen) atoms. The lowest BCUT2D eigenvalue weighted by Gasteiger charge is -2.40. The van der Waals surface area contributed by atoms with Gasteiger partial charge in [-0.05, 0) is 12.0 Å². The molecule has 0 saturated carbocycles. The minimum absolute atomic E-state index is 0.0194. The number of likely N-dealkylation sites (tertiary alicyclic amines) is 1. The molecule has 3 amide bonds. The molecule has 0 aliphatic carbocycles. The van der Waals surface area contributed by atoms with E-state index in [0.717, 1.165) is 5.56 Å². The number of nitrogens with zero attached hydrogens (tertiary/aromatic N) is 3. The van der Waals surface area contributed by atoms with Crippen LogP contribution in [0.5, 0.6) is 0 Å². The molecular formula is C18H23N3O3. The highest BCUT2D eigenvalue weighted by Crippen LogP contribution is 2.27. The van der Waals surface area contributed by atoms with Crippen LogP contribution in [0.1, 0.15) is 18.9 Å². The predicted octanol–water partition coefficient (Wildman–Crippen LogP) is 0.724. The first-order valence-corrected chi connectivity index (χ1v) is 8.31. The van der Waals surface area contributed by atoms with E-state index in [1.165, 1.54) is 6.92 Å². The molecule has 6 heteroatoms. The highest BCUT2D eigenvalue weighted by molar-refractivity contribution is 5.90. The third kappa shape index (κ3) is 3.13. The van der Waals surface area contributed by atoms with Gasteiger partial charge in [0.25, 0.3) is 0 Å². The molecular weight excluding hydrogens is 306 g/mol. The summed E-state index contributed by atoms with van der Waals surface area (Å²) in [5, 5.41) is 0. The summed E-state index contributed by atoms with van der Waals surface area (Å²) in [5.41, 5.74) is 0.999. The maximum Gasteiger partial charge on any atom is 0.242 e. The van der Waals surface area contributed by atoms with Crippen LogP contribution in [-0.2, 0) is 20.9 Å². The highest BCUT2D eigenvalue weighted by atomic mass is 16.2. The smallest absolute Gasteiger partial charge is 0.242 e. The topological polar surface area (TPSA) is 60.9 Å². The van der Waals surface area contributed by atoms with Crippen molar-refractivity contribution in [2.24, 2.45) is 5.92 Å². The summed E-state index contributed by atoms with van der Waals surface area (Å²) >= 11 is 0. The van der Waals surface area contributed by atoms with E-state index in [0.29, 0.717) is 26.1 Å². The van der Waals surface area contributed by atoms with Gasteiger partial charge >= 0.3 is 0 Å². The number of carbonyl (C=O) groups is 3. The lowest BCUT2D eigenvalue weighted by atomic mass is 9.90. The molecule has 0 aromatic heterocycles. The van der Waals surface area contributed by atoms with Crippen LogP contribution >= 0.6 is 0 Å². The Morgan fingerprint density at radius 2 is 1.92 bits per heavy atom. The molecule has 2 atom stereocenters. The monoisotopic (exact) mass is 329 g/mol. The van der Waals surface area contributed by atoms with E-state index >= 15 is 0 Å². The fourth-order valence-corrected chi connectivity index (χ4v) is 3.64. The second kappa shape index (κ2) is 6.63. The first-order valence-electron chi connectivity index (χ1n) is 8.31. The van der Waals surface area contributed by atoms with Gasteiger partial charge in [0.05, 0.1) is 5.92 Å². The van der Waals surface area contributed by atoms with Crippen LogP contribution < -0.4 is 0 Å². The van der Waals surface area contributed by atoms with Gasteiger partial charge in [-0.1, -0.05) is 30.3 Å². The lowest BCUT2D eigenvalue weighted by Crippen LogP contribution is -2.54. The van der Waals surface area contributed by atoms with Gasteiger partial charge in [-0.25, -0.2) is 0 Å². The molecule has 2 aliphatic rings. The van der Waals surface area contributed by atoms with E-state index in [2.05, 4.69) is 0 Å². The van der Waals surface area contributed by atoms with E-state index < -0.39 is 0 Å². The van der Waals surface area contributed by atoms with E-state index in [-0.39, 0.29) is 36.2 Å². The van der Waals surface area contributed by atoms with Gasteiger partial charge in [0, 0.05) is 39.6 Å². The van der Waals surface area contributed by atoms with Gasteiger partial charge in [0.2, 0.25) is 17.7 Å². The zero-order chi connectivity index (χ0) is 17.3. The lowest BCUT2D eigenvalue weighted by molar-refractivity contribution is -0.141. The Morgan fingerprint density at radius 1 is 1.21 bits per heavy atom. The number of benzene rings is 1. The Labute approximate surface area is 142 Å². The first-order chi connectivity index (χ1) is 11.5. The highest BCUT2D eigenvalue weighted by Gasteiger charge is 2.43. The Kier molecular flexibility index (Phi) is 4.55. The maximum absolute atomic E-state index is 13.1. The summed E-state index contributed by atoms with van der Waals surface area (Å²) in [7, 11) is 1.77. The molecule has 2 saturated heterocycles.